The van der Waals surface area contributed by atoms with Crippen LogP contribution in [0.2, 0.25) is 0 Å². The number of rotatable bonds is 1. The van der Waals surface area contributed by atoms with Gasteiger partial charge in [0.1, 0.15) is 11.0 Å². The summed E-state index contributed by atoms with van der Waals surface area (Å²) in [5, 5.41) is 11.2. The quantitative estimate of drug-likeness (QED) is 0.544. The highest BCUT2D eigenvalue weighted by molar-refractivity contribution is 8.03. The molecule has 0 atom stereocenters. The second-order valence-corrected chi connectivity index (χ2v) is 8.63. The number of fused-ring (bicyclic) bond motifs is 1. The molecule has 0 unspecified atom stereocenters. The maximum atomic E-state index is 12.4. The van der Waals surface area contributed by atoms with Crippen molar-refractivity contribution in [2.24, 2.45) is 0 Å². The zero-order chi connectivity index (χ0) is 17.4. The molecule has 124 valence electrons. The number of thioether (sulfide) groups is 1. The van der Waals surface area contributed by atoms with Crippen LogP contribution in [0.4, 0.5) is 10.5 Å². The third-order valence-electron chi connectivity index (χ3n) is 3.65. The van der Waals surface area contributed by atoms with Crippen molar-refractivity contribution in [3.8, 4) is 5.40 Å². The lowest BCUT2D eigenvalue weighted by molar-refractivity contribution is 0.0584. The van der Waals surface area contributed by atoms with E-state index in [1.54, 1.807) is 4.90 Å². The minimum atomic E-state index is -0.511. The summed E-state index contributed by atoms with van der Waals surface area (Å²) in [6.07, 6.45) is 0.481. The first-order valence-corrected chi connectivity index (χ1v) is 8.58. The van der Waals surface area contributed by atoms with Crippen LogP contribution < -0.4 is 4.90 Å². The number of hydrogen-bond donors (Lipinski definition) is 0. The van der Waals surface area contributed by atoms with Crippen LogP contribution in [0, 0.1) is 10.7 Å². The molecule has 0 spiro atoms. The lowest BCUT2D eigenvalue weighted by Crippen LogP contribution is -2.35. The van der Waals surface area contributed by atoms with Gasteiger partial charge in [0.05, 0.1) is 5.69 Å². The molecule has 4 nitrogen and oxygen atoms in total. The molecule has 23 heavy (non-hydrogen) atoms. The predicted molar refractivity (Wildman–Crippen MR) is 93.9 cm³/mol. The average Bonchev–Trinajstić information content (AvgIpc) is 2.77. The molecule has 0 N–H and O–H groups in total. The Balaban J connectivity index is 2.43. The fraction of sp³-hybridized carbons (Fsp3) is 0.556. The van der Waals surface area contributed by atoms with Gasteiger partial charge in [-0.2, -0.15) is 5.26 Å². The van der Waals surface area contributed by atoms with E-state index >= 15 is 0 Å². The average molecular weight is 332 g/mol. The van der Waals surface area contributed by atoms with Gasteiger partial charge in [-0.1, -0.05) is 20.8 Å². The van der Waals surface area contributed by atoms with Crippen molar-refractivity contribution >= 4 is 23.5 Å². The van der Waals surface area contributed by atoms with Crippen LogP contribution in [0.5, 0.6) is 0 Å². The maximum absolute atomic E-state index is 12.4. The maximum Gasteiger partial charge on any atom is 0.414 e. The number of carbonyl (C=O) groups is 1. The second-order valence-electron chi connectivity index (χ2n) is 7.80. The molecule has 0 saturated heterocycles. The molecular formula is C18H24N2O2S. The van der Waals surface area contributed by atoms with E-state index in [0.717, 1.165) is 28.1 Å². The smallest absolute Gasteiger partial charge is 0.414 e. The van der Waals surface area contributed by atoms with Gasteiger partial charge in [-0.15, -0.1) is 0 Å². The van der Waals surface area contributed by atoms with Gasteiger partial charge in [0.2, 0.25) is 0 Å². The zero-order valence-corrected chi connectivity index (χ0v) is 15.5. The molecule has 0 aliphatic carbocycles. The van der Waals surface area contributed by atoms with E-state index in [0.29, 0.717) is 6.54 Å². The SMILES string of the molecule is CC(C)(C)OC(=O)N1CCc2cc(SC#N)c(C(C)(C)C)cc21. The highest BCUT2D eigenvalue weighted by Gasteiger charge is 2.31. The number of thiocyanates is 1. The van der Waals surface area contributed by atoms with Gasteiger partial charge in [-0.3, -0.25) is 4.90 Å². The summed E-state index contributed by atoms with van der Waals surface area (Å²) in [6, 6.07) is 4.10. The van der Waals surface area contributed by atoms with E-state index < -0.39 is 5.60 Å². The number of nitriles is 1. The number of amides is 1. The standard InChI is InChI=1S/C18H24N2O2S/c1-17(2,3)13-10-14-12(9-15(13)23-11-19)7-8-20(14)16(21)22-18(4,5)6/h9-10H,7-8H2,1-6H3. The molecule has 0 fully saturated rings. The second kappa shape index (κ2) is 6.09. The van der Waals surface area contributed by atoms with Gasteiger partial charge in [0.15, 0.2) is 0 Å². The number of anilines is 1. The summed E-state index contributed by atoms with van der Waals surface area (Å²) < 4.78 is 5.51. The van der Waals surface area contributed by atoms with E-state index in [-0.39, 0.29) is 11.5 Å². The summed E-state index contributed by atoms with van der Waals surface area (Å²) in [5.41, 5.74) is 2.48. The molecule has 0 radical (unpaired) electrons. The largest absolute Gasteiger partial charge is 0.443 e. The first-order valence-electron chi connectivity index (χ1n) is 7.77. The zero-order valence-electron chi connectivity index (χ0n) is 14.7. The molecule has 5 heteroatoms. The van der Waals surface area contributed by atoms with Crippen LogP contribution in [0.25, 0.3) is 0 Å². The minimum absolute atomic E-state index is 0.101. The number of benzene rings is 1. The van der Waals surface area contributed by atoms with Crippen molar-refractivity contribution in [2.75, 3.05) is 11.4 Å². The van der Waals surface area contributed by atoms with Crippen molar-refractivity contribution in [3.05, 3.63) is 23.3 Å². The normalized spacial score (nSPS) is 14.4. The molecule has 1 heterocycles. The van der Waals surface area contributed by atoms with Crippen LogP contribution in [-0.4, -0.2) is 18.2 Å². The lowest BCUT2D eigenvalue weighted by atomic mass is 9.86. The van der Waals surface area contributed by atoms with Crippen LogP contribution in [-0.2, 0) is 16.6 Å². The van der Waals surface area contributed by atoms with Crippen LogP contribution in [0.3, 0.4) is 0 Å². The fourth-order valence-electron chi connectivity index (χ4n) is 2.64. The van der Waals surface area contributed by atoms with E-state index in [1.807, 2.05) is 32.9 Å². The molecule has 1 aromatic rings. The Labute approximate surface area is 142 Å². The number of hydrogen-bond acceptors (Lipinski definition) is 4. The molecule has 2 rings (SSSR count). The predicted octanol–water partition coefficient (Wildman–Crippen LogP) is 4.85. The van der Waals surface area contributed by atoms with E-state index in [9.17, 15) is 4.79 Å². The Morgan fingerprint density at radius 3 is 2.43 bits per heavy atom. The van der Waals surface area contributed by atoms with Gasteiger partial charge in [-0.05, 0) is 67.6 Å². The highest BCUT2D eigenvalue weighted by Crippen LogP contribution is 2.40. The van der Waals surface area contributed by atoms with Gasteiger partial charge in [0.25, 0.3) is 0 Å². The van der Waals surface area contributed by atoms with E-state index in [4.69, 9.17) is 10.00 Å². The molecule has 1 aliphatic heterocycles. The third-order valence-corrected chi connectivity index (χ3v) is 4.30. The minimum Gasteiger partial charge on any atom is -0.443 e. The molecule has 1 amide bonds. The van der Waals surface area contributed by atoms with Gasteiger partial charge in [-0.25, -0.2) is 4.79 Å². The fourth-order valence-corrected chi connectivity index (χ4v) is 3.42. The first-order chi connectivity index (χ1) is 10.5. The molecule has 0 saturated carbocycles. The van der Waals surface area contributed by atoms with Crippen LogP contribution in [0.1, 0.15) is 52.7 Å². The summed E-state index contributed by atoms with van der Waals surface area (Å²) in [5.74, 6) is 0. The van der Waals surface area contributed by atoms with Crippen molar-refractivity contribution < 1.29 is 9.53 Å². The van der Waals surface area contributed by atoms with Gasteiger partial charge >= 0.3 is 6.09 Å². The summed E-state index contributed by atoms with van der Waals surface area (Å²) in [7, 11) is 0. The lowest BCUT2D eigenvalue weighted by Gasteiger charge is -2.27. The van der Waals surface area contributed by atoms with Crippen molar-refractivity contribution in [2.45, 2.75) is 63.9 Å². The molecular weight excluding hydrogens is 308 g/mol. The summed E-state index contributed by atoms with van der Waals surface area (Å²) in [4.78, 5) is 15.1. The molecule has 0 bridgehead atoms. The summed E-state index contributed by atoms with van der Waals surface area (Å²) in [6.45, 7) is 12.6. The highest BCUT2D eigenvalue weighted by atomic mass is 32.2. The topological polar surface area (TPSA) is 53.3 Å². The van der Waals surface area contributed by atoms with Gasteiger partial charge < -0.3 is 4.74 Å². The van der Waals surface area contributed by atoms with Crippen molar-refractivity contribution in [1.29, 1.82) is 5.26 Å². The molecule has 1 aliphatic rings. The van der Waals surface area contributed by atoms with E-state index in [1.165, 1.54) is 11.8 Å². The molecule has 1 aromatic carbocycles. The van der Waals surface area contributed by atoms with Crippen molar-refractivity contribution in [3.63, 3.8) is 0 Å². The number of ether oxygens (including phenoxy) is 1. The number of nitrogens with zero attached hydrogens (tertiary/aromatic N) is 2. The monoisotopic (exact) mass is 332 g/mol. The van der Waals surface area contributed by atoms with E-state index in [2.05, 4.69) is 26.2 Å². The van der Waals surface area contributed by atoms with Crippen LogP contribution >= 0.6 is 11.8 Å². The third kappa shape index (κ3) is 4.00. The Kier molecular flexibility index (Phi) is 4.68. The molecule has 0 aromatic heterocycles. The van der Waals surface area contributed by atoms with Gasteiger partial charge in [0, 0.05) is 11.4 Å². The first kappa shape index (κ1) is 17.7. The van der Waals surface area contributed by atoms with Crippen LogP contribution in [0.15, 0.2) is 17.0 Å². The van der Waals surface area contributed by atoms with Crippen molar-refractivity contribution in [1.82, 2.24) is 0 Å². The number of carbonyl (C=O) groups excluding carboxylic acids is 1. The summed E-state index contributed by atoms with van der Waals surface area (Å²) >= 11 is 1.19. The Bertz CT molecular complexity index is 663. The Morgan fingerprint density at radius 2 is 1.91 bits per heavy atom. The Hall–Kier alpha value is -1.67. The Morgan fingerprint density at radius 1 is 1.26 bits per heavy atom.